The van der Waals surface area contributed by atoms with Crippen LogP contribution in [-0.4, -0.2) is 109 Å². The van der Waals surface area contributed by atoms with Crippen molar-refractivity contribution in [1.29, 1.82) is 0 Å². The summed E-state index contributed by atoms with van der Waals surface area (Å²) in [6.45, 7) is 1.14. The molecule has 11 heteroatoms. The molecule has 9 atom stereocenters. The number of hydrogen-bond acceptors (Lipinski definition) is 11. The summed E-state index contributed by atoms with van der Waals surface area (Å²) in [7, 11) is 0. The van der Waals surface area contributed by atoms with Crippen LogP contribution >= 0.6 is 0 Å². The Balaban J connectivity index is 2.19. The average Bonchev–Trinajstić information content (AvgIpc) is 3.04. The molecule has 2 saturated heterocycles. The fourth-order valence-corrected chi connectivity index (χ4v) is 4.00. The number of ether oxygens (including phenoxy) is 3. The van der Waals surface area contributed by atoms with E-state index in [-0.39, 0.29) is 5.56 Å². The second-order valence-electron chi connectivity index (χ2n) is 7.57. The van der Waals surface area contributed by atoms with Crippen LogP contribution in [0.1, 0.15) is 11.1 Å². The van der Waals surface area contributed by atoms with Gasteiger partial charge in [0.1, 0.15) is 49.3 Å². The van der Waals surface area contributed by atoms with Crippen LogP contribution in [0.5, 0.6) is 0 Å². The lowest BCUT2D eigenvalue weighted by molar-refractivity contribution is -0.442. The summed E-state index contributed by atoms with van der Waals surface area (Å²) in [5, 5.41) is 81.6. The Hall–Kier alpha value is -1.48. The summed E-state index contributed by atoms with van der Waals surface area (Å²) in [5.41, 5.74) is 0.439. The van der Waals surface area contributed by atoms with Crippen molar-refractivity contribution in [2.24, 2.45) is 0 Å². The van der Waals surface area contributed by atoms with Crippen LogP contribution in [0.3, 0.4) is 0 Å². The van der Waals surface area contributed by atoms with Crippen molar-refractivity contribution >= 4 is 6.08 Å². The normalized spacial score (nSPS) is 43.2. The molecule has 0 saturated carbocycles. The van der Waals surface area contributed by atoms with E-state index in [4.69, 9.17) is 14.2 Å². The average molecular weight is 444 g/mol. The summed E-state index contributed by atoms with van der Waals surface area (Å²) < 4.78 is 17.1. The van der Waals surface area contributed by atoms with Gasteiger partial charge in [-0.1, -0.05) is 36.9 Å². The highest BCUT2D eigenvalue weighted by Gasteiger charge is 2.64. The molecule has 174 valence electrons. The molecular formula is C20H28O11. The summed E-state index contributed by atoms with van der Waals surface area (Å²) in [6, 6.07) is 6.23. The van der Waals surface area contributed by atoms with Gasteiger partial charge in [0.15, 0.2) is 0 Å². The Labute approximate surface area is 178 Å². The van der Waals surface area contributed by atoms with Gasteiger partial charge in [0.05, 0.1) is 13.2 Å². The van der Waals surface area contributed by atoms with Gasteiger partial charge in [-0.3, -0.25) is 0 Å². The number of benzene rings is 1. The molecule has 1 aromatic rings. The maximum Gasteiger partial charge on any atom is 0.228 e. The maximum atomic E-state index is 11.0. The maximum absolute atomic E-state index is 11.0. The van der Waals surface area contributed by atoms with E-state index in [2.05, 4.69) is 6.58 Å². The summed E-state index contributed by atoms with van der Waals surface area (Å²) >= 11 is 0. The van der Waals surface area contributed by atoms with E-state index in [1.165, 1.54) is 12.1 Å². The molecule has 2 heterocycles. The second kappa shape index (κ2) is 9.17. The molecule has 2 aliphatic rings. The van der Waals surface area contributed by atoms with E-state index < -0.39 is 74.1 Å². The van der Waals surface area contributed by atoms with Crippen LogP contribution in [0.25, 0.3) is 6.08 Å². The fourth-order valence-electron chi connectivity index (χ4n) is 4.00. The molecule has 0 bridgehead atoms. The molecule has 0 aliphatic carbocycles. The fraction of sp³-hybridized carbons (Fsp3) is 0.600. The molecule has 0 amide bonds. The van der Waals surface area contributed by atoms with Crippen LogP contribution in [0.15, 0.2) is 30.8 Å². The monoisotopic (exact) mass is 444 g/mol. The summed E-state index contributed by atoms with van der Waals surface area (Å²) in [4.78, 5) is 0. The summed E-state index contributed by atoms with van der Waals surface area (Å²) in [6.07, 6.45) is -10.5. The van der Waals surface area contributed by atoms with Crippen molar-refractivity contribution in [3.63, 3.8) is 0 Å². The smallest absolute Gasteiger partial charge is 0.228 e. The van der Waals surface area contributed by atoms with E-state index in [0.717, 1.165) is 0 Å². The third-order valence-electron chi connectivity index (χ3n) is 5.74. The van der Waals surface area contributed by atoms with Gasteiger partial charge in [0.2, 0.25) is 11.6 Å². The van der Waals surface area contributed by atoms with Crippen molar-refractivity contribution in [3.8, 4) is 0 Å². The van der Waals surface area contributed by atoms with Crippen molar-refractivity contribution in [3.05, 3.63) is 42.0 Å². The molecule has 3 rings (SSSR count). The minimum absolute atomic E-state index is 0.0764. The van der Waals surface area contributed by atoms with Crippen molar-refractivity contribution in [1.82, 2.24) is 0 Å². The Bertz CT molecular complexity index is 773. The van der Waals surface area contributed by atoms with Crippen LogP contribution in [-0.2, 0) is 20.0 Å². The van der Waals surface area contributed by atoms with E-state index in [9.17, 15) is 40.9 Å². The highest BCUT2D eigenvalue weighted by Crippen LogP contribution is 2.47. The molecule has 0 spiro atoms. The molecular weight excluding hydrogens is 416 g/mol. The third-order valence-corrected chi connectivity index (χ3v) is 5.74. The second-order valence-corrected chi connectivity index (χ2v) is 7.57. The van der Waals surface area contributed by atoms with Gasteiger partial charge in [-0.15, -0.1) is 0 Å². The van der Waals surface area contributed by atoms with Crippen LogP contribution in [0.2, 0.25) is 0 Å². The molecule has 1 aromatic carbocycles. The SMILES string of the molecule is C=Cc1ccccc1[C@@]1(OC2(CO)O[C@H](CO)[C@@H](O)[C@@H]2O)O[C@H](CO)[C@@H](O)[C@H](O)[C@H]1O. The zero-order valence-electron chi connectivity index (χ0n) is 16.6. The lowest BCUT2D eigenvalue weighted by atomic mass is 9.85. The van der Waals surface area contributed by atoms with E-state index in [1.807, 2.05) is 0 Å². The minimum atomic E-state index is -2.40. The first-order valence-corrected chi connectivity index (χ1v) is 9.72. The van der Waals surface area contributed by atoms with Gasteiger partial charge < -0.3 is 55.1 Å². The molecule has 2 aliphatic heterocycles. The highest BCUT2D eigenvalue weighted by molar-refractivity contribution is 5.54. The zero-order chi connectivity index (χ0) is 23.0. The number of rotatable bonds is 7. The van der Waals surface area contributed by atoms with E-state index >= 15 is 0 Å². The molecule has 2 fully saturated rings. The van der Waals surface area contributed by atoms with Gasteiger partial charge in [0.25, 0.3) is 0 Å². The van der Waals surface area contributed by atoms with E-state index in [1.54, 1.807) is 18.2 Å². The Morgan fingerprint density at radius 1 is 0.871 bits per heavy atom. The van der Waals surface area contributed by atoms with Gasteiger partial charge in [0, 0.05) is 5.56 Å². The van der Waals surface area contributed by atoms with Gasteiger partial charge >= 0.3 is 0 Å². The van der Waals surface area contributed by atoms with Crippen molar-refractivity contribution in [2.75, 3.05) is 19.8 Å². The molecule has 31 heavy (non-hydrogen) atoms. The van der Waals surface area contributed by atoms with Crippen LogP contribution < -0.4 is 0 Å². The van der Waals surface area contributed by atoms with E-state index in [0.29, 0.717) is 5.56 Å². The lowest BCUT2D eigenvalue weighted by Crippen LogP contribution is -2.68. The first kappa shape index (κ1) is 24.2. The predicted molar refractivity (Wildman–Crippen MR) is 103 cm³/mol. The molecule has 8 N–H and O–H groups in total. The van der Waals surface area contributed by atoms with Crippen LogP contribution in [0, 0.1) is 0 Å². The minimum Gasteiger partial charge on any atom is -0.394 e. The quantitative estimate of drug-likeness (QED) is 0.211. The topological polar surface area (TPSA) is 190 Å². The van der Waals surface area contributed by atoms with Crippen LogP contribution in [0.4, 0.5) is 0 Å². The summed E-state index contributed by atoms with van der Waals surface area (Å²) in [5.74, 6) is -4.80. The van der Waals surface area contributed by atoms with Gasteiger partial charge in [-0.25, -0.2) is 0 Å². The first-order chi connectivity index (χ1) is 14.7. The van der Waals surface area contributed by atoms with Gasteiger partial charge in [-0.05, 0) is 5.56 Å². The lowest BCUT2D eigenvalue weighted by Gasteiger charge is -2.51. The molecule has 0 radical (unpaired) electrons. The standard InChI is InChI=1S/C20H28O11/c1-2-10-5-3-4-6-11(10)20(18(28)16(26)14(24)12(7-21)30-20)31-19(9-23)17(27)15(25)13(8-22)29-19/h2-6,12-18,21-28H,1,7-9H2/t12-,13-,14-,15-,16+,17+,18-,19?,20+/m1/s1. The molecule has 0 aromatic heterocycles. The Kier molecular flexibility index (Phi) is 7.15. The number of hydrogen-bond donors (Lipinski definition) is 8. The largest absolute Gasteiger partial charge is 0.394 e. The molecule has 1 unspecified atom stereocenters. The molecule has 11 nitrogen and oxygen atoms in total. The predicted octanol–water partition coefficient (Wildman–Crippen LogP) is -3.23. The van der Waals surface area contributed by atoms with Gasteiger partial charge in [-0.2, -0.15) is 0 Å². The van der Waals surface area contributed by atoms with Crippen molar-refractivity contribution < 1.29 is 55.1 Å². The zero-order valence-corrected chi connectivity index (χ0v) is 16.6. The number of aliphatic hydroxyl groups is 8. The third kappa shape index (κ3) is 3.81. The Morgan fingerprint density at radius 2 is 1.48 bits per heavy atom. The number of aliphatic hydroxyl groups excluding tert-OH is 8. The first-order valence-electron chi connectivity index (χ1n) is 9.72. The van der Waals surface area contributed by atoms with Crippen molar-refractivity contribution in [2.45, 2.75) is 54.3 Å². The highest BCUT2D eigenvalue weighted by atomic mass is 16.8. The Morgan fingerprint density at radius 3 is 2.03 bits per heavy atom.